The Balaban J connectivity index is 2.02. The van der Waals surface area contributed by atoms with Gasteiger partial charge in [-0.3, -0.25) is 5.84 Å². The SMILES string of the molecule is CN(C)C1(CCc2ccccc2)CCCN(N)C1. The highest BCUT2D eigenvalue weighted by Gasteiger charge is 2.36. The van der Waals surface area contributed by atoms with Crippen molar-refractivity contribution < 1.29 is 0 Å². The lowest BCUT2D eigenvalue weighted by Crippen LogP contribution is -2.58. The molecule has 3 heteroatoms. The van der Waals surface area contributed by atoms with Crippen molar-refractivity contribution in [1.29, 1.82) is 0 Å². The summed E-state index contributed by atoms with van der Waals surface area (Å²) >= 11 is 0. The van der Waals surface area contributed by atoms with Gasteiger partial charge in [0.2, 0.25) is 0 Å². The van der Waals surface area contributed by atoms with Gasteiger partial charge in [0, 0.05) is 18.6 Å². The molecule has 1 aromatic rings. The normalized spacial score (nSPS) is 25.6. The highest BCUT2D eigenvalue weighted by atomic mass is 15.4. The van der Waals surface area contributed by atoms with Crippen LogP contribution in [-0.2, 0) is 6.42 Å². The molecule has 1 heterocycles. The fourth-order valence-electron chi connectivity index (χ4n) is 2.96. The van der Waals surface area contributed by atoms with E-state index in [4.69, 9.17) is 5.84 Å². The standard InChI is InChI=1S/C15H25N3/c1-17(2)15(10-6-12-18(16)13-15)11-9-14-7-4-3-5-8-14/h3-5,7-8H,6,9-13,16H2,1-2H3. The Bertz CT molecular complexity index is 363. The molecule has 18 heavy (non-hydrogen) atoms. The van der Waals surface area contributed by atoms with Crippen LogP contribution in [0.15, 0.2) is 30.3 Å². The number of rotatable bonds is 4. The lowest BCUT2D eigenvalue weighted by atomic mass is 9.83. The van der Waals surface area contributed by atoms with E-state index in [1.54, 1.807) is 0 Å². The smallest absolute Gasteiger partial charge is 0.0347 e. The largest absolute Gasteiger partial charge is 0.302 e. The summed E-state index contributed by atoms with van der Waals surface area (Å²) in [6.45, 7) is 2.01. The first kappa shape index (κ1) is 13.5. The number of hydrazine groups is 1. The van der Waals surface area contributed by atoms with Gasteiger partial charge in [0.15, 0.2) is 0 Å². The number of hydrogen-bond acceptors (Lipinski definition) is 3. The molecule has 1 aliphatic rings. The molecule has 0 aliphatic carbocycles. The van der Waals surface area contributed by atoms with Crippen molar-refractivity contribution in [2.45, 2.75) is 31.2 Å². The molecule has 1 saturated heterocycles. The molecule has 0 amide bonds. The van der Waals surface area contributed by atoms with Crippen LogP contribution in [0.3, 0.4) is 0 Å². The van der Waals surface area contributed by atoms with Crippen LogP contribution in [0.2, 0.25) is 0 Å². The van der Waals surface area contributed by atoms with Crippen molar-refractivity contribution in [2.24, 2.45) is 5.84 Å². The Morgan fingerprint density at radius 1 is 1.28 bits per heavy atom. The Morgan fingerprint density at radius 2 is 2.00 bits per heavy atom. The maximum Gasteiger partial charge on any atom is 0.0347 e. The summed E-state index contributed by atoms with van der Waals surface area (Å²) in [6.07, 6.45) is 4.76. The van der Waals surface area contributed by atoms with E-state index in [-0.39, 0.29) is 5.54 Å². The lowest BCUT2D eigenvalue weighted by molar-refractivity contribution is 0.0372. The van der Waals surface area contributed by atoms with E-state index in [2.05, 4.69) is 49.3 Å². The van der Waals surface area contributed by atoms with Crippen LogP contribution in [0.25, 0.3) is 0 Å². The Morgan fingerprint density at radius 3 is 2.61 bits per heavy atom. The maximum absolute atomic E-state index is 6.02. The zero-order chi connectivity index (χ0) is 13.0. The topological polar surface area (TPSA) is 32.5 Å². The van der Waals surface area contributed by atoms with Crippen molar-refractivity contribution in [2.75, 3.05) is 27.2 Å². The second-order valence-corrected chi connectivity index (χ2v) is 5.68. The van der Waals surface area contributed by atoms with Crippen LogP contribution in [0.1, 0.15) is 24.8 Å². The minimum Gasteiger partial charge on any atom is -0.302 e. The fraction of sp³-hybridized carbons (Fsp3) is 0.600. The van der Waals surface area contributed by atoms with E-state index in [9.17, 15) is 0 Å². The second kappa shape index (κ2) is 5.83. The average Bonchev–Trinajstić information content (AvgIpc) is 2.37. The maximum atomic E-state index is 6.02. The molecule has 1 unspecified atom stereocenters. The summed E-state index contributed by atoms with van der Waals surface area (Å²) in [6, 6.07) is 10.7. The van der Waals surface area contributed by atoms with E-state index in [0.717, 1.165) is 19.5 Å². The molecule has 0 spiro atoms. The summed E-state index contributed by atoms with van der Waals surface area (Å²) in [5, 5.41) is 1.98. The molecule has 0 bridgehead atoms. The molecule has 0 aromatic heterocycles. The third-order valence-electron chi connectivity index (χ3n) is 4.26. The Kier molecular flexibility index (Phi) is 4.38. The van der Waals surface area contributed by atoms with Crippen LogP contribution >= 0.6 is 0 Å². The second-order valence-electron chi connectivity index (χ2n) is 5.68. The molecular formula is C15H25N3. The van der Waals surface area contributed by atoms with Crippen LogP contribution in [0.5, 0.6) is 0 Å². The van der Waals surface area contributed by atoms with Gasteiger partial charge in [-0.2, -0.15) is 0 Å². The number of piperidine rings is 1. The van der Waals surface area contributed by atoms with Crippen molar-refractivity contribution in [3.8, 4) is 0 Å². The summed E-state index contributed by atoms with van der Waals surface area (Å²) < 4.78 is 0. The summed E-state index contributed by atoms with van der Waals surface area (Å²) in [7, 11) is 4.37. The van der Waals surface area contributed by atoms with E-state index < -0.39 is 0 Å². The lowest BCUT2D eigenvalue weighted by Gasteiger charge is -2.46. The Hall–Kier alpha value is -0.900. The molecule has 2 N–H and O–H groups in total. The van der Waals surface area contributed by atoms with E-state index in [0.29, 0.717) is 0 Å². The quantitative estimate of drug-likeness (QED) is 0.825. The first-order valence-electron chi connectivity index (χ1n) is 6.83. The van der Waals surface area contributed by atoms with E-state index in [1.807, 2.05) is 5.01 Å². The van der Waals surface area contributed by atoms with Crippen LogP contribution in [-0.4, -0.2) is 42.6 Å². The minimum absolute atomic E-state index is 0.239. The van der Waals surface area contributed by atoms with Gasteiger partial charge in [-0.05, 0) is 45.3 Å². The van der Waals surface area contributed by atoms with Gasteiger partial charge in [0.05, 0.1) is 0 Å². The molecule has 1 atom stereocenters. The van der Waals surface area contributed by atoms with E-state index in [1.165, 1.54) is 24.8 Å². The van der Waals surface area contributed by atoms with Gasteiger partial charge in [-0.25, -0.2) is 5.01 Å². The third kappa shape index (κ3) is 3.10. The molecule has 1 aliphatic heterocycles. The van der Waals surface area contributed by atoms with Crippen molar-refractivity contribution >= 4 is 0 Å². The molecule has 0 saturated carbocycles. The number of likely N-dealkylation sites (N-methyl/N-ethyl adjacent to an activating group) is 1. The average molecular weight is 247 g/mol. The van der Waals surface area contributed by atoms with E-state index >= 15 is 0 Å². The summed E-state index contributed by atoms with van der Waals surface area (Å²) in [4.78, 5) is 2.37. The molecule has 1 fully saturated rings. The Labute approximate surface area is 111 Å². The minimum atomic E-state index is 0.239. The van der Waals surface area contributed by atoms with Gasteiger partial charge in [0.1, 0.15) is 0 Å². The molecule has 3 nitrogen and oxygen atoms in total. The predicted molar refractivity (Wildman–Crippen MR) is 76.2 cm³/mol. The van der Waals surface area contributed by atoms with Gasteiger partial charge < -0.3 is 4.90 Å². The third-order valence-corrected chi connectivity index (χ3v) is 4.26. The van der Waals surface area contributed by atoms with Gasteiger partial charge in [-0.15, -0.1) is 0 Å². The molecule has 100 valence electrons. The van der Waals surface area contributed by atoms with Crippen molar-refractivity contribution in [3.63, 3.8) is 0 Å². The first-order chi connectivity index (χ1) is 8.62. The molecule has 0 radical (unpaired) electrons. The van der Waals surface area contributed by atoms with Crippen LogP contribution in [0.4, 0.5) is 0 Å². The molecule has 1 aromatic carbocycles. The highest BCUT2D eigenvalue weighted by Crippen LogP contribution is 2.29. The molecular weight excluding hydrogens is 222 g/mol. The molecule has 2 rings (SSSR count). The van der Waals surface area contributed by atoms with Gasteiger partial charge in [-0.1, -0.05) is 30.3 Å². The van der Waals surface area contributed by atoms with Crippen molar-refractivity contribution in [3.05, 3.63) is 35.9 Å². The van der Waals surface area contributed by atoms with Gasteiger partial charge in [0.25, 0.3) is 0 Å². The first-order valence-corrected chi connectivity index (χ1v) is 6.83. The number of hydrogen-bond donors (Lipinski definition) is 1. The zero-order valence-electron chi connectivity index (χ0n) is 11.6. The van der Waals surface area contributed by atoms with Crippen LogP contribution in [0, 0.1) is 0 Å². The van der Waals surface area contributed by atoms with Crippen LogP contribution < -0.4 is 5.84 Å². The van der Waals surface area contributed by atoms with Crippen molar-refractivity contribution in [1.82, 2.24) is 9.91 Å². The zero-order valence-corrected chi connectivity index (χ0v) is 11.6. The number of nitrogens with two attached hydrogens (primary N) is 1. The summed E-state index contributed by atoms with van der Waals surface area (Å²) in [5.74, 6) is 6.02. The number of benzene rings is 1. The fourth-order valence-corrected chi connectivity index (χ4v) is 2.96. The summed E-state index contributed by atoms with van der Waals surface area (Å²) in [5.41, 5.74) is 1.66. The number of nitrogens with zero attached hydrogens (tertiary/aromatic N) is 2. The predicted octanol–water partition coefficient (Wildman–Crippen LogP) is 1.89. The highest BCUT2D eigenvalue weighted by molar-refractivity contribution is 5.15. The van der Waals surface area contributed by atoms with Gasteiger partial charge >= 0.3 is 0 Å². The number of aryl methyl sites for hydroxylation is 1. The monoisotopic (exact) mass is 247 g/mol.